The molecule has 16 heavy (non-hydrogen) atoms. The van der Waals surface area contributed by atoms with Gasteiger partial charge in [0.1, 0.15) is 0 Å². The van der Waals surface area contributed by atoms with Crippen LogP contribution in [0.5, 0.6) is 0 Å². The van der Waals surface area contributed by atoms with E-state index in [1.807, 2.05) is 0 Å². The van der Waals surface area contributed by atoms with Crippen LogP contribution in [-0.4, -0.2) is 0 Å². The summed E-state index contributed by atoms with van der Waals surface area (Å²) in [7, 11) is 0. The maximum absolute atomic E-state index is 2.27. The van der Waals surface area contributed by atoms with Gasteiger partial charge in [-0.05, 0) is 28.8 Å². The molecule has 2 aromatic carbocycles. The van der Waals surface area contributed by atoms with Gasteiger partial charge in [0, 0.05) is 0 Å². The van der Waals surface area contributed by atoms with Gasteiger partial charge < -0.3 is 0 Å². The first-order chi connectivity index (χ1) is 7.90. The zero-order valence-electron chi connectivity index (χ0n) is 9.82. The topological polar surface area (TPSA) is 0 Å². The van der Waals surface area contributed by atoms with Crippen LogP contribution in [0.3, 0.4) is 0 Å². The Labute approximate surface area is 97.6 Å². The van der Waals surface area contributed by atoms with Crippen LogP contribution in [0.2, 0.25) is 0 Å². The summed E-state index contributed by atoms with van der Waals surface area (Å²) in [6.07, 6.45) is 8.23. The minimum atomic E-state index is 1.18. The number of fused-ring (bicyclic) bond motifs is 1. The molecule has 0 unspecified atom stereocenters. The second kappa shape index (κ2) is 5.50. The van der Waals surface area contributed by atoms with Gasteiger partial charge in [-0.25, -0.2) is 0 Å². The third-order valence-corrected chi connectivity index (χ3v) is 2.81. The highest BCUT2D eigenvalue weighted by molar-refractivity contribution is 5.84. The van der Waals surface area contributed by atoms with Crippen molar-refractivity contribution in [2.24, 2.45) is 0 Å². The third-order valence-electron chi connectivity index (χ3n) is 2.81. The predicted octanol–water partition coefficient (Wildman–Crippen LogP) is 5.04. The molecule has 2 rings (SSSR count). The van der Waals surface area contributed by atoms with Gasteiger partial charge >= 0.3 is 0 Å². The fourth-order valence-corrected chi connectivity index (χ4v) is 1.85. The average molecular weight is 210 g/mol. The summed E-state index contributed by atoms with van der Waals surface area (Å²) in [5.74, 6) is 0. The highest BCUT2D eigenvalue weighted by Gasteiger charge is 1.92. The Morgan fingerprint density at radius 2 is 1.81 bits per heavy atom. The molecule has 0 spiro atoms. The molecule has 0 N–H and O–H groups in total. The van der Waals surface area contributed by atoms with Gasteiger partial charge in [-0.15, -0.1) is 0 Å². The van der Waals surface area contributed by atoms with Crippen LogP contribution >= 0.6 is 0 Å². The minimum Gasteiger partial charge on any atom is -0.0839 e. The first kappa shape index (κ1) is 10.9. The number of hydrogen-bond acceptors (Lipinski definition) is 0. The van der Waals surface area contributed by atoms with Crippen molar-refractivity contribution in [3.05, 3.63) is 54.1 Å². The fourth-order valence-electron chi connectivity index (χ4n) is 1.85. The van der Waals surface area contributed by atoms with E-state index in [1.54, 1.807) is 0 Å². The highest BCUT2D eigenvalue weighted by atomic mass is 14.0. The largest absolute Gasteiger partial charge is 0.0839 e. The Morgan fingerprint density at radius 1 is 1.00 bits per heavy atom. The van der Waals surface area contributed by atoms with Crippen LogP contribution in [0.15, 0.2) is 48.5 Å². The summed E-state index contributed by atoms with van der Waals surface area (Å²) in [5, 5.41) is 2.63. The molecule has 0 amide bonds. The Hall–Kier alpha value is -1.56. The van der Waals surface area contributed by atoms with Gasteiger partial charge in [-0.2, -0.15) is 0 Å². The van der Waals surface area contributed by atoms with Crippen molar-refractivity contribution in [3.63, 3.8) is 0 Å². The van der Waals surface area contributed by atoms with Crippen molar-refractivity contribution in [2.75, 3.05) is 0 Å². The van der Waals surface area contributed by atoms with Gasteiger partial charge in [-0.1, -0.05) is 68.3 Å². The second-order valence-electron chi connectivity index (χ2n) is 4.15. The molecule has 0 atom stereocenters. The standard InChI is InChI=1S/C16H18/c1-2-3-4-5-8-14-11-12-15-9-6-7-10-16(15)13-14/h5-13H,2-4H2,1H3/b8-5-. The van der Waals surface area contributed by atoms with Crippen molar-refractivity contribution in [2.45, 2.75) is 26.2 Å². The summed E-state index contributed by atoms with van der Waals surface area (Å²) < 4.78 is 0. The smallest absolute Gasteiger partial charge is 0.0178 e. The number of allylic oxidation sites excluding steroid dienone is 1. The molecule has 0 aliphatic carbocycles. The van der Waals surface area contributed by atoms with E-state index in [1.165, 1.54) is 35.6 Å². The third kappa shape index (κ3) is 2.73. The van der Waals surface area contributed by atoms with E-state index in [0.717, 1.165) is 0 Å². The van der Waals surface area contributed by atoms with E-state index in [-0.39, 0.29) is 0 Å². The molecular weight excluding hydrogens is 192 g/mol. The molecule has 0 radical (unpaired) electrons. The van der Waals surface area contributed by atoms with Crippen LogP contribution in [0.4, 0.5) is 0 Å². The van der Waals surface area contributed by atoms with E-state index in [4.69, 9.17) is 0 Å². The summed E-state index contributed by atoms with van der Waals surface area (Å²) >= 11 is 0. The van der Waals surface area contributed by atoms with E-state index in [2.05, 4.69) is 61.5 Å². The first-order valence-electron chi connectivity index (χ1n) is 6.05. The Kier molecular flexibility index (Phi) is 3.76. The van der Waals surface area contributed by atoms with Gasteiger partial charge in [-0.3, -0.25) is 0 Å². The lowest BCUT2D eigenvalue weighted by Gasteiger charge is -1.99. The van der Waals surface area contributed by atoms with Gasteiger partial charge in [0.15, 0.2) is 0 Å². The van der Waals surface area contributed by atoms with Crippen molar-refractivity contribution >= 4 is 16.8 Å². The monoisotopic (exact) mass is 210 g/mol. The van der Waals surface area contributed by atoms with Gasteiger partial charge in [0.2, 0.25) is 0 Å². The van der Waals surface area contributed by atoms with E-state index in [0.29, 0.717) is 0 Å². The molecule has 0 aromatic heterocycles. The normalized spacial score (nSPS) is 11.3. The first-order valence-corrected chi connectivity index (χ1v) is 6.05. The van der Waals surface area contributed by atoms with Crippen LogP contribution in [0.1, 0.15) is 31.7 Å². The van der Waals surface area contributed by atoms with Crippen molar-refractivity contribution in [1.82, 2.24) is 0 Å². The quantitative estimate of drug-likeness (QED) is 0.620. The Morgan fingerprint density at radius 3 is 2.62 bits per heavy atom. The lowest BCUT2D eigenvalue weighted by atomic mass is 10.1. The average Bonchev–Trinajstić information content (AvgIpc) is 2.34. The van der Waals surface area contributed by atoms with Crippen molar-refractivity contribution in [3.8, 4) is 0 Å². The van der Waals surface area contributed by atoms with E-state index >= 15 is 0 Å². The minimum absolute atomic E-state index is 1.18. The zero-order chi connectivity index (χ0) is 11.2. The lowest BCUT2D eigenvalue weighted by molar-refractivity contribution is 0.816. The molecule has 0 aliphatic rings. The van der Waals surface area contributed by atoms with Crippen LogP contribution in [-0.2, 0) is 0 Å². The van der Waals surface area contributed by atoms with Crippen molar-refractivity contribution < 1.29 is 0 Å². The van der Waals surface area contributed by atoms with Crippen LogP contribution in [0, 0.1) is 0 Å². The van der Waals surface area contributed by atoms with Crippen LogP contribution in [0.25, 0.3) is 16.8 Å². The molecule has 82 valence electrons. The van der Waals surface area contributed by atoms with Crippen molar-refractivity contribution in [1.29, 1.82) is 0 Å². The van der Waals surface area contributed by atoms with Crippen LogP contribution < -0.4 is 0 Å². The number of unbranched alkanes of at least 4 members (excludes halogenated alkanes) is 2. The SMILES string of the molecule is CCCC/C=C\c1ccc2ccccc2c1. The predicted molar refractivity (Wildman–Crippen MR) is 72.5 cm³/mol. The second-order valence-corrected chi connectivity index (χ2v) is 4.15. The molecule has 0 fully saturated rings. The maximum Gasteiger partial charge on any atom is -0.0178 e. The van der Waals surface area contributed by atoms with E-state index < -0.39 is 0 Å². The Balaban J connectivity index is 2.16. The summed E-state index contributed by atoms with van der Waals surface area (Å²) in [5.41, 5.74) is 1.30. The van der Waals surface area contributed by atoms with Gasteiger partial charge in [0.05, 0.1) is 0 Å². The summed E-state index contributed by atoms with van der Waals surface area (Å²) in [4.78, 5) is 0. The molecule has 0 aliphatic heterocycles. The Bertz CT molecular complexity index is 480. The number of benzene rings is 2. The van der Waals surface area contributed by atoms with E-state index in [9.17, 15) is 0 Å². The lowest BCUT2D eigenvalue weighted by Crippen LogP contribution is -1.75. The van der Waals surface area contributed by atoms with Gasteiger partial charge in [0.25, 0.3) is 0 Å². The molecule has 2 aromatic rings. The molecule has 0 heterocycles. The molecule has 0 heteroatoms. The maximum atomic E-state index is 2.27. The molecule has 0 bridgehead atoms. The summed E-state index contributed by atoms with van der Waals surface area (Å²) in [6, 6.07) is 15.1. The zero-order valence-corrected chi connectivity index (χ0v) is 9.82. The molecular formula is C16H18. The number of rotatable bonds is 4. The molecule has 0 nitrogen and oxygen atoms in total. The summed E-state index contributed by atoms with van der Waals surface area (Å²) in [6.45, 7) is 2.23. The fraction of sp³-hybridized carbons (Fsp3) is 0.250. The molecule has 0 saturated heterocycles. The molecule has 0 saturated carbocycles. The number of hydrogen-bond donors (Lipinski definition) is 0. The highest BCUT2D eigenvalue weighted by Crippen LogP contribution is 2.16.